The number of nitrogens with zero attached hydrogens (tertiary/aromatic N) is 2. The smallest absolute Gasteiger partial charge is 0.165 e. The molecule has 0 aliphatic carbocycles. The van der Waals surface area contributed by atoms with E-state index in [1.807, 2.05) is 12.1 Å². The van der Waals surface area contributed by atoms with Crippen LogP contribution in [0, 0.1) is 17.7 Å². The lowest BCUT2D eigenvalue weighted by atomic mass is 10.00. The van der Waals surface area contributed by atoms with Gasteiger partial charge < -0.3 is 4.74 Å². The van der Waals surface area contributed by atoms with Gasteiger partial charge in [0.2, 0.25) is 0 Å². The van der Waals surface area contributed by atoms with E-state index < -0.39 is 0 Å². The van der Waals surface area contributed by atoms with Crippen LogP contribution in [0.5, 0.6) is 5.75 Å². The number of pyridine rings is 1. The van der Waals surface area contributed by atoms with Crippen LogP contribution >= 0.6 is 0 Å². The monoisotopic (exact) mass is 327 g/mol. The van der Waals surface area contributed by atoms with E-state index in [4.69, 9.17) is 4.74 Å². The van der Waals surface area contributed by atoms with Crippen LogP contribution < -0.4 is 4.74 Å². The lowest BCUT2D eigenvalue weighted by molar-refractivity contribution is 0.230. The van der Waals surface area contributed by atoms with Crippen LogP contribution in [0.25, 0.3) is 22.2 Å². The van der Waals surface area contributed by atoms with Crippen LogP contribution in [0.4, 0.5) is 4.39 Å². The maximum Gasteiger partial charge on any atom is 0.165 e. The molecule has 1 atom stereocenters. The average Bonchev–Trinajstić information content (AvgIpc) is 3.01. The number of hydrogen-bond donors (Lipinski definition) is 1. The van der Waals surface area contributed by atoms with Gasteiger partial charge in [-0.25, -0.2) is 9.37 Å². The average molecular weight is 327 g/mol. The Labute approximate surface area is 141 Å². The topological polar surface area (TPSA) is 50.8 Å². The van der Waals surface area contributed by atoms with E-state index in [1.54, 1.807) is 18.5 Å². The number of nitrogens with one attached hydrogen (secondary N) is 1. The van der Waals surface area contributed by atoms with Gasteiger partial charge in [0.15, 0.2) is 17.2 Å². The molecular formula is C19H22FN3O. The van der Waals surface area contributed by atoms with Crippen molar-refractivity contribution in [3.05, 3.63) is 42.5 Å². The zero-order chi connectivity index (χ0) is 17.1. The predicted molar refractivity (Wildman–Crippen MR) is 93.4 cm³/mol. The maximum atomic E-state index is 14.4. The van der Waals surface area contributed by atoms with E-state index in [9.17, 15) is 4.39 Å². The molecule has 1 aromatic carbocycles. The molecule has 0 radical (unpaired) electrons. The summed E-state index contributed by atoms with van der Waals surface area (Å²) < 4.78 is 20.1. The zero-order valence-corrected chi connectivity index (χ0v) is 14.2. The molecule has 0 amide bonds. The summed E-state index contributed by atoms with van der Waals surface area (Å²) in [6, 6.07) is 6.93. The quantitative estimate of drug-likeness (QED) is 0.706. The first-order valence-electron chi connectivity index (χ1n) is 8.25. The highest BCUT2D eigenvalue weighted by atomic mass is 19.1. The summed E-state index contributed by atoms with van der Waals surface area (Å²) in [5.74, 6) is 0.958. The highest BCUT2D eigenvalue weighted by Crippen LogP contribution is 2.30. The minimum absolute atomic E-state index is 0.298. The third-order valence-electron chi connectivity index (χ3n) is 3.99. The second-order valence-electron chi connectivity index (χ2n) is 6.68. The van der Waals surface area contributed by atoms with E-state index in [-0.39, 0.29) is 5.82 Å². The molecule has 126 valence electrons. The Morgan fingerprint density at radius 3 is 2.79 bits per heavy atom. The van der Waals surface area contributed by atoms with E-state index in [0.29, 0.717) is 29.8 Å². The largest absolute Gasteiger partial charge is 0.490 e. The minimum Gasteiger partial charge on any atom is -0.490 e. The summed E-state index contributed by atoms with van der Waals surface area (Å²) in [5.41, 5.74) is 2.37. The van der Waals surface area contributed by atoms with Crippen LogP contribution in [0.1, 0.15) is 27.2 Å². The van der Waals surface area contributed by atoms with Crippen molar-refractivity contribution < 1.29 is 9.13 Å². The highest BCUT2D eigenvalue weighted by Gasteiger charge is 2.12. The van der Waals surface area contributed by atoms with Gasteiger partial charge in [0, 0.05) is 11.6 Å². The SMILES string of the molecule is CC(C)C[C@@H](C)COc1ccc(-c2ccnc3[nH]ncc23)cc1F. The van der Waals surface area contributed by atoms with Gasteiger partial charge in [0.25, 0.3) is 0 Å². The summed E-state index contributed by atoms with van der Waals surface area (Å²) in [5, 5.41) is 7.69. The van der Waals surface area contributed by atoms with Gasteiger partial charge in [-0.3, -0.25) is 5.10 Å². The molecule has 0 bridgehead atoms. The maximum absolute atomic E-state index is 14.4. The second-order valence-corrected chi connectivity index (χ2v) is 6.68. The fraction of sp³-hybridized carbons (Fsp3) is 0.368. The fourth-order valence-corrected chi connectivity index (χ4v) is 2.99. The number of benzene rings is 1. The number of fused-ring (bicyclic) bond motifs is 1. The van der Waals surface area contributed by atoms with Gasteiger partial charge >= 0.3 is 0 Å². The summed E-state index contributed by atoms with van der Waals surface area (Å²) in [7, 11) is 0. The molecule has 3 aromatic rings. The van der Waals surface area contributed by atoms with Crippen molar-refractivity contribution in [2.24, 2.45) is 11.8 Å². The van der Waals surface area contributed by atoms with Crippen LogP contribution in [0.2, 0.25) is 0 Å². The Kier molecular flexibility index (Phi) is 4.79. The fourth-order valence-electron chi connectivity index (χ4n) is 2.99. The standard InChI is InChI=1S/C19H22FN3O/c1-12(2)8-13(3)11-24-18-5-4-14(9-17(18)20)15-6-7-21-19-16(15)10-22-23-19/h4-7,9-10,12-13H,8,11H2,1-3H3,(H,21,22,23)/t13-/m1/s1. The Morgan fingerprint density at radius 2 is 2.04 bits per heavy atom. The van der Waals surface area contributed by atoms with Crippen LogP contribution in [-0.4, -0.2) is 21.8 Å². The van der Waals surface area contributed by atoms with E-state index in [0.717, 1.165) is 22.9 Å². The molecule has 24 heavy (non-hydrogen) atoms. The first kappa shape index (κ1) is 16.4. The zero-order valence-electron chi connectivity index (χ0n) is 14.2. The third kappa shape index (κ3) is 3.55. The van der Waals surface area contributed by atoms with Crippen molar-refractivity contribution in [3.8, 4) is 16.9 Å². The normalized spacial score (nSPS) is 12.7. The molecule has 1 N–H and O–H groups in total. The van der Waals surface area contributed by atoms with Crippen molar-refractivity contribution in [2.45, 2.75) is 27.2 Å². The highest BCUT2D eigenvalue weighted by molar-refractivity contribution is 5.92. The first-order valence-corrected chi connectivity index (χ1v) is 8.25. The van der Waals surface area contributed by atoms with Crippen LogP contribution in [-0.2, 0) is 0 Å². The van der Waals surface area contributed by atoms with Crippen molar-refractivity contribution in [1.82, 2.24) is 15.2 Å². The summed E-state index contributed by atoms with van der Waals surface area (Å²) in [6.07, 6.45) is 4.45. The Morgan fingerprint density at radius 1 is 1.21 bits per heavy atom. The molecule has 0 unspecified atom stereocenters. The summed E-state index contributed by atoms with van der Waals surface area (Å²) in [6.45, 7) is 7.00. The number of rotatable bonds is 6. The van der Waals surface area contributed by atoms with Gasteiger partial charge in [0.05, 0.1) is 12.8 Å². The Bertz CT molecular complexity index is 828. The third-order valence-corrected chi connectivity index (χ3v) is 3.99. The summed E-state index contributed by atoms with van der Waals surface area (Å²) in [4.78, 5) is 4.20. The molecule has 2 heterocycles. The molecule has 0 spiro atoms. The molecule has 0 aliphatic heterocycles. The number of halogens is 1. The second kappa shape index (κ2) is 6.99. The lowest BCUT2D eigenvalue weighted by Crippen LogP contribution is -2.11. The molecular weight excluding hydrogens is 305 g/mol. The molecule has 2 aromatic heterocycles. The lowest BCUT2D eigenvalue weighted by Gasteiger charge is -2.15. The van der Waals surface area contributed by atoms with Crippen molar-refractivity contribution in [3.63, 3.8) is 0 Å². The Hall–Kier alpha value is -2.43. The molecule has 3 rings (SSSR count). The van der Waals surface area contributed by atoms with Crippen LogP contribution in [0.15, 0.2) is 36.7 Å². The number of aromatic amines is 1. The number of H-pyrrole nitrogens is 1. The van der Waals surface area contributed by atoms with Gasteiger partial charge in [0.1, 0.15) is 0 Å². The Balaban J connectivity index is 1.79. The van der Waals surface area contributed by atoms with Gasteiger partial charge in [-0.15, -0.1) is 0 Å². The first-order chi connectivity index (χ1) is 11.5. The predicted octanol–water partition coefficient (Wildman–Crippen LogP) is 4.83. The van der Waals surface area contributed by atoms with Crippen molar-refractivity contribution >= 4 is 11.0 Å². The minimum atomic E-state index is -0.349. The number of aromatic nitrogens is 3. The van der Waals surface area contributed by atoms with Crippen molar-refractivity contribution in [2.75, 3.05) is 6.61 Å². The summed E-state index contributed by atoms with van der Waals surface area (Å²) >= 11 is 0. The molecule has 0 aliphatic rings. The van der Waals surface area contributed by atoms with Gasteiger partial charge in [-0.05, 0) is 47.6 Å². The molecule has 0 saturated carbocycles. The van der Waals surface area contributed by atoms with E-state index in [1.165, 1.54) is 6.07 Å². The molecule has 4 nitrogen and oxygen atoms in total. The number of hydrogen-bond acceptors (Lipinski definition) is 3. The van der Waals surface area contributed by atoms with E-state index >= 15 is 0 Å². The van der Waals surface area contributed by atoms with Gasteiger partial charge in [-0.1, -0.05) is 26.8 Å². The van der Waals surface area contributed by atoms with Gasteiger partial charge in [-0.2, -0.15) is 5.10 Å². The van der Waals surface area contributed by atoms with E-state index in [2.05, 4.69) is 36.0 Å². The number of ether oxygens (including phenoxy) is 1. The van der Waals surface area contributed by atoms with Crippen molar-refractivity contribution in [1.29, 1.82) is 0 Å². The molecule has 5 heteroatoms. The molecule has 0 saturated heterocycles. The molecule has 0 fully saturated rings. The van der Waals surface area contributed by atoms with Crippen LogP contribution in [0.3, 0.4) is 0 Å².